The average molecular weight is 443 g/mol. The molecule has 5 rings (SSSR count). The van der Waals surface area contributed by atoms with Crippen molar-refractivity contribution in [2.75, 3.05) is 6.61 Å². The van der Waals surface area contributed by atoms with Gasteiger partial charge in [-0.15, -0.1) is 0 Å². The molecular weight excluding hydrogens is 408 g/mol. The Balaban J connectivity index is 1.37. The Hall–Kier alpha value is -2.88. The van der Waals surface area contributed by atoms with Crippen molar-refractivity contribution in [3.63, 3.8) is 0 Å². The van der Waals surface area contributed by atoms with Crippen molar-refractivity contribution in [2.24, 2.45) is 5.92 Å². The minimum atomic E-state index is 0.126. The van der Waals surface area contributed by atoms with Crippen LogP contribution >= 0.6 is 0 Å². The number of carbonyl (C=O) groups is 1. The van der Waals surface area contributed by atoms with Crippen LogP contribution in [0.15, 0.2) is 48.8 Å². The highest BCUT2D eigenvalue weighted by Gasteiger charge is 2.19. The van der Waals surface area contributed by atoms with Gasteiger partial charge in [-0.2, -0.15) is 5.10 Å². The number of hydrogen-bond donors (Lipinski definition) is 1. The number of H-pyrrole nitrogens is 1. The highest BCUT2D eigenvalue weighted by Crippen LogP contribution is 2.31. The van der Waals surface area contributed by atoms with Gasteiger partial charge >= 0.3 is 0 Å². The van der Waals surface area contributed by atoms with Crippen molar-refractivity contribution in [3.05, 3.63) is 71.0 Å². The van der Waals surface area contributed by atoms with Crippen LogP contribution in [0.25, 0.3) is 11.1 Å². The number of aryl methyl sites for hydroxylation is 2. The monoisotopic (exact) mass is 442 g/mol. The third kappa shape index (κ3) is 5.38. The zero-order chi connectivity index (χ0) is 22.5. The van der Waals surface area contributed by atoms with Crippen LogP contribution in [0.2, 0.25) is 0 Å². The molecule has 0 saturated heterocycles. The second-order valence-corrected chi connectivity index (χ2v) is 9.78. The van der Waals surface area contributed by atoms with Crippen molar-refractivity contribution < 1.29 is 9.53 Å². The van der Waals surface area contributed by atoms with Crippen molar-refractivity contribution in [1.82, 2.24) is 10.2 Å². The van der Waals surface area contributed by atoms with Gasteiger partial charge in [0.25, 0.3) is 0 Å². The molecule has 33 heavy (non-hydrogen) atoms. The molecule has 0 bridgehead atoms. The number of hydrogen-bond acceptors (Lipinski definition) is 3. The SMILES string of the molecule is O=C(Cc1ccc2c(c1)CCCCC2)c1ccc(-c2cn[nH]c2)cc1OCC1CCCCC1. The van der Waals surface area contributed by atoms with Crippen LogP contribution < -0.4 is 4.74 Å². The first-order chi connectivity index (χ1) is 16.3. The van der Waals surface area contributed by atoms with Crippen LogP contribution in [-0.4, -0.2) is 22.6 Å². The Labute approximate surface area is 196 Å². The summed E-state index contributed by atoms with van der Waals surface area (Å²) in [4.78, 5) is 13.4. The van der Waals surface area contributed by atoms with E-state index >= 15 is 0 Å². The van der Waals surface area contributed by atoms with Crippen LogP contribution in [-0.2, 0) is 19.3 Å². The van der Waals surface area contributed by atoms with E-state index in [2.05, 4.69) is 28.4 Å². The molecule has 4 nitrogen and oxygen atoms in total. The number of benzene rings is 2. The summed E-state index contributed by atoms with van der Waals surface area (Å²) in [6, 6.07) is 12.6. The van der Waals surface area contributed by atoms with Gasteiger partial charge in [-0.3, -0.25) is 9.89 Å². The van der Waals surface area contributed by atoms with Gasteiger partial charge < -0.3 is 4.74 Å². The Morgan fingerprint density at radius 3 is 2.55 bits per heavy atom. The van der Waals surface area contributed by atoms with Gasteiger partial charge in [-0.05, 0) is 78.8 Å². The van der Waals surface area contributed by atoms with Crippen LogP contribution in [0.4, 0.5) is 0 Å². The van der Waals surface area contributed by atoms with Crippen molar-refractivity contribution >= 4 is 5.78 Å². The Bertz CT molecular complexity index is 1080. The van der Waals surface area contributed by atoms with Gasteiger partial charge in [-0.25, -0.2) is 0 Å². The second kappa shape index (κ2) is 10.4. The molecule has 4 heteroatoms. The third-order valence-electron chi connectivity index (χ3n) is 7.34. The number of Topliss-reactive ketones (excluding diaryl/α,β-unsaturated/α-hetero) is 1. The first-order valence-electron chi connectivity index (χ1n) is 12.7. The van der Waals surface area contributed by atoms with Gasteiger partial charge in [0.2, 0.25) is 0 Å². The molecule has 0 amide bonds. The maximum Gasteiger partial charge on any atom is 0.170 e. The molecule has 0 atom stereocenters. The fourth-order valence-electron chi connectivity index (χ4n) is 5.38. The predicted molar refractivity (Wildman–Crippen MR) is 132 cm³/mol. The van der Waals surface area contributed by atoms with E-state index in [1.54, 1.807) is 6.20 Å². The Morgan fingerprint density at radius 2 is 1.73 bits per heavy atom. The summed E-state index contributed by atoms with van der Waals surface area (Å²) in [5, 5.41) is 6.94. The van der Waals surface area contributed by atoms with E-state index in [4.69, 9.17) is 4.74 Å². The topological polar surface area (TPSA) is 55.0 Å². The van der Waals surface area contributed by atoms with E-state index in [0.717, 1.165) is 29.5 Å². The van der Waals surface area contributed by atoms with Gasteiger partial charge in [0.05, 0.1) is 18.4 Å². The van der Waals surface area contributed by atoms with E-state index in [1.165, 1.54) is 62.5 Å². The normalized spacial score (nSPS) is 16.7. The maximum atomic E-state index is 13.4. The molecule has 2 aliphatic rings. The van der Waals surface area contributed by atoms with Gasteiger partial charge in [0, 0.05) is 18.2 Å². The molecule has 0 spiro atoms. The summed E-state index contributed by atoms with van der Waals surface area (Å²) in [6.45, 7) is 0.688. The highest BCUT2D eigenvalue weighted by atomic mass is 16.5. The second-order valence-electron chi connectivity index (χ2n) is 9.78. The lowest BCUT2D eigenvalue weighted by Gasteiger charge is -2.22. The van der Waals surface area contributed by atoms with E-state index in [9.17, 15) is 4.79 Å². The van der Waals surface area contributed by atoms with E-state index in [-0.39, 0.29) is 5.78 Å². The van der Waals surface area contributed by atoms with Crippen LogP contribution in [0.3, 0.4) is 0 Å². The number of rotatable bonds is 7. The first-order valence-corrected chi connectivity index (χ1v) is 12.7. The zero-order valence-electron chi connectivity index (χ0n) is 19.4. The summed E-state index contributed by atoms with van der Waals surface area (Å²) in [7, 11) is 0. The standard InChI is InChI=1S/C29H34N2O2/c32-28(16-22-11-12-23-9-5-2-6-10-24(23)15-22)27-14-13-25(26-18-30-31-19-26)17-29(27)33-20-21-7-3-1-4-8-21/h11-15,17-19,21H,1-10,16,20H2,(H,30,31). The van der Waals surface area contributed by atoms with Gasteiger partial charge in [0.15, 0.2) is 5.78 Å². The quantitative estimate of drug-likeness (QED) is 0.326. The molecule has 1 aromatic heterocycles. The molecule has 1 N–H and O–H groups in total. The van der Waals surface area contributed by atoms with E-state index in [1.807, 2.05) is 24.4 Å². The summed E-state index contributed by atoms with van der Waals surface area (Å²) in [5.74, 6) is 1.42. The molecule has 0 radical (unpaired) electrons. The van der Waals surface area contributed by atoms with Crippen molar-refractivity contribution in [2.45, 2.75) is 70.6 Å². The van der Waals surface area contributed by atoms with Gasteiger partial charge in [-0.1, -0.05) is 49.9 Å². The number of fused-ring (bicyclic) bond motifs is 1. The largest absolute Gasteiger partial charge is 0.493 e. The average Bonchev–Trinajstić information content (AvgIpc) is 3.29. The molecule has 0 unspecified atom stereocenters. The fraction of sp³-hybridized carbons (Fsp3) is 0.448. The van der Waals surface area contributed by atoms with Crippen LogP contribution in [0, 0.1) is 5.92 Å². The number of ether oxygens (including phenoxy) is 1. The van der Waals surface area contributed by atoms with E-state index in [0.29, 0.717) is 30.3 Å². The molecule has 1 fully saturated rings. The maximum absolute atomic E-state index is 13.4. The zero-order valence-corrected chi connectivity index (χ0v) is 19.4. The lowest BCUT2D eigenvalue weighted by Crippen LogP contribution is -2.17. The number of aromatic amines is 1. The molecule has 0 aliphatic heterocycles. The summed E-state index contributed by atoms with van der Waals surface area (Å²) in [5.41, 5.74) is 6.71. The Kier molecular flexibility index (Phi) is 6.89. The molecule has 2 aliphatic carbocycles. The summed E-state index contributed by atoms with van der Waals surface area (Å²) < 4.78 is 6.33. The summed E-state index contributed by atoms with van der Waals surface area (Å²) in [6.07, 6.45) is 16.6. The minimum absolute atomic E-state index is 0.126. The number of nitrogens with one attached hydrogen (secondary N) is 1. The highest BCUT2D eigenvalue weighted by molar-refractivity contribution is 6.00. The lowest BCUT2D eigenvalue weighted by molar-refractivity contribution is 0.0987. The molecule has 1 saturated carbocycles. The van der Waals surface area contributed by atoms with Crippen molar-refractivity contribution in [1.29, 1.82) is 0 Å². The summed E-state index contributed by atoms with van der Waals surface area (Å²) >= 11 is 0. The molecule has 3 aromatic rings. The molecule has 2 aromatic carbocycles. The first kappa shape index (κ1) is 21.9. The molecule has 172 valence electrons. The van der Waals surface area contributed by atoms with Gasteiger partial charge in [0.1, 0.15) is 5.75 Å². The Morgan fingerprint density at radius 1 is 0.909 bits per heavy atom. The number of ketones is 1. The fourth-order valence-corrected chi connectivity index (χ4v) is 5.38. The third-order valence-corrected chi connectivity index (χ3v) is 7.34. The van der Waals surface area contributed by atoms with E-state index < -0.39 is 0 Å². The van der Waals surface area contributed by atoms with Crippen LogP contribution in [0.5, 0.6) is 5.75 Å². The van der Waals surface area contributed by atoms with Crippen LogP contribution in [0.1, 0.15) is 78.4 Å². The number of carbonyl (C=O) groups excluding carboxylic acids is 1. The predicted octanol–water partition coefficient (Wildman–Crippen LogP) is 6.73. The van der Waals surface area contributed by atoms with Crippen molar-refractivity contribution in [3.8, 4) is 16.9 Å². The smallest absolute Gasteiger partial charge is 0.170 e. The number of nitrogens with zero attached hydrogens (tertiary/aromatic N) is 1. The molecule has 1 heterocycles. The number of aromatic nitrogens is 2. The lowest BCUT2D eigenvalue weighted by atomic mass is 9.90. The minimum Gasteiger partial charge on any atom is -0.493 e. The molecular formula is C29H34N2O2.